The Morgan fingerprint density at radius 2 is 1.73 bits per heavy atom. The number of carbonyl (C=O) groups excluding carboxylic acids is 4. The van der Waals surface area contributed by atoms with Gasteiger partial charge in [0.25, 0.3) is 11.8 Å². The van der Waals surface area contributed by atoms with Gasteiger partial charge in [-0.25, -0.2) is 0 Å². The zero-order chi connectivity index (χ0) is 28.7. The summed E-state index contributed by atoms with van der Waals surface area (Å²) >= 11 is 17.7. The number of aliphatic carboxylic acids is 1. The molecule has 0 spiro atoms. The Morgan fingerprint density at radius 1 is 1.00 bits per heavy atom. The smallest absolute Gasteiger partial charge is 0.305 e. The number of allylic oxidation sites excluding steroid dienone is 2. The molecule has 208 valence electrons. The van der Waals surface area contributed by atoms with E-state index in [4.69, 9.17) is 28.3 Å². The van der Waals surface area contributed by atoms with E-state index in [9.17, 15) is 29.1 Å². The summed E-state index contributed by atoms with van der Waals surface area (Å²) in [6.07, 6.45) is 1.34. The highest BCUT2D eigenvalue weighted by Crippen LogP contribution is 2.66. The zero-order valence-electron chi connectivity index (χ0n) is 20.9. The summed E-state index contributed by atoms with van der Waals surface area (Å²) in [5, 5.41) is 21.8. The number of hydrogen-bond acceptors (Lipinski definition) is 6. The highest BCUT2D eigenvalue weighted by molar-refractivity contribution is 9.09. The first kappa shape index (κ1) is 27.2. The van der Waals surface area contributed by atoms with Crippen LogP contribution in [-0.4, -0.2) is 71.4 Å². The van der Waals surface area contributed by atoms with E-state index >= 15 is 0 Å². The first-order chi connectivity index (χ1) is 19.0. The van der Waals surface area contributed by atoms with Crippen molar-refractivity contribution < 1.29 is 34.2 Å². The lowest BCUT2D eigenvalue weighted by Crippen LogP contribution is -2.60. The summed E-state index contributed by atoms with van der Waals surface area (Å²) < 4.78 is 0. The number of phenols is 1. The Morgan fingerprint density at radius 3 is 2.42 bits per heavy atom. The van der Waals surface area contributed by atoms with Gasteiger partial charge in [0, 0.05) is 18.0 Å². The van der Waals surface area contributed by atoms with Gasteiger partial charge in [-0.15, -0.1) is 23.2 Å². The summed E-state index contributed by atoms with van der Waals surface area (Å²) in [4.78, 5) is 63.7. The third-order valence-corrected chi connectivity index (χ3v) is 10.8. The average molecular weight is 650 g/mol. The third kappa shape index (κ3) is 3.42. The van der Waals surface area contributed by atoms with Crippen molar-refractivity contribution >= 4 is 79.5 Å². The monoisotopic (exact) mass is 648 g/mol. The van der Waals surface area contributed by atoms with E-state index in [0.29, 0.717) is 16.5 Å². The SMILES string of the molecule is O=C(O)CCN1C(=O)[C@H]2[C@H](CC=C3[C@H]2C[C@@]2(Cl)C(=O)N(CBr)C(=O)[C@@]2(Cl)[C@H]3c2c(O)ccc3ccccc23)C1=O. The van der Waals surface area contributed by atoms with E-state index < -0.39 is 69.4 Å². The molecule has 0 radical (unpaired) electrons. The number of phenolic OH excluding ortho intramolecular Hbond substituents is 1. The van der Waals surface area contributed by atoms with Crippen LogP contribution in [0.2, 0.25) is 0 Å². The van der Waals surface area contributed by atoms with Crippen molar-refractivity contribution in [2.45, 2.75) is 34.9 Å². The van der Waals surface area contributed by atoms with Crippen molar-refractivity contribution in [1.82, 2.24) is 9.80 Å². The minimum atomic E-state index is -2.04. The second kappa shape index (κ2) is 9.29. The molecule has 4 amide bonds. The molecule has 3 fully saturated rings. The van der Waals surface area contributed by atoms with Gasteiger partial charge in [0.15, 0.2) is 9.75 Å². The second-order valence-corrected chi connectivity index (χ2v) is 12.4. The number of nitrogens with zero attached hydrogens (tertiary/aromatic N) is 2. The van der Waals surface area contributed by atoms with E-state index in [1.807, 2.05) is 12.1 Å². The van der Waals surface area contributed by atoms with Crippen LogP contribution in [0.4, 0.5) is 0 Å². The Kier molecular flexibility index (Phi) is 6.32. The molecule has 4 aliphatic rings. The Balaban J connectivity index is 1.58. The maximum absolute atomic E-state index is 13.9. The maximum Gasteiger partial charge on any atom is 0.305 e. The maximum atomic E-state index is 13.9. The molecule has 0 bridgehead atoms. The zero-order valence-corrected chi connectivity index (χ0v) is 23.9. The Labute approximate surface area is 246 Å². The predicted molar refractivity (Wildman–Crippen MR) is 148 cm³/mol. The molecule has 2 heterocycles. The molecule has 6 rings (SSSR count). The van der Waals surface area contributed by atoms with Crippen molar-refractivity contribution in [3.05, 3.63) is 53.6 Å². The fourth-order valence-electron chi connectivity index (χ4n) is 7.15. The number of carbonyl (C=O) groups is 5. The van der Waals surface area contributed by atoms with Crippen molar-refractivity contribution in [3.8, 4) is 5.75 Å². The molecule has 2 aliphatic carbocycles. The van der Waals surface area contributed by atoms with E-state index in [1.165, 1.54) is 6.07 Å². The first-order valence-electron chi connectivity index (χ1n) is 12.7. The van der Waals surface area contributed by atoms with Crippen LogP contribution in [-0.2, 0) is 24.0 Å². The van der Waals surface area contributed by atoms with Crippen molar-refractivity contribution in [2.24, 2.45) is 17.8 Å². The van der Waals surface area contributed by atoms with Gasteiger partial charge in [-0.05, 0) is 35.6 Å². The molecule has 2 aromatic rings. The minimum Gasteiger partial charge on any atom is -0.508 e. The summed E-state index contributed by atoms with van der Waals surface area (Å²) in [5.74, 6) is -7.30. The highest BCUT2D eigenvalue weighted by atomic mass is 79.9. The van der Waals surface area contributed by atoms with E-state index in [2.05, 4.69) is 15.9 Å². The van der Waals surface area contributed by atoms with Crippen LogP contribution in [0.1, 0.15) is 30.7 Å². The van der Waals surface area contributed by atoms with Crippen LogP contribution >= 0.6 is 39.1 Å². The number of likely N-dealkylation sites (tertiary alicyclic amines) is 2. The number of alkyl halides is 3. The van der Waals surface area contributed by atoms with Crippen molar-refractivity contribution in [2.75, 3.05) is 12.0 Å². The molecule has 2 N–H and O–H groups in total. The number of fused-ring (bicyclic) bond motifs is 5. The van der Waals surface area contributed by atoms with Gasteiger partial charge in [-0.1, -0.05) is 57.9 Å². The lowest BCUT2D eigenvalue weighted by molar-refractivity contribution is -0.143. The molecule has 0 unspecified atom stereocenters. The Bertz CT molecular complexity index is 1560. The molecular weight excluding hydrogens is 627 g/mol. The van der Waals surface area contributed by atoms with Crippen LogP contribution in [0.15, 0.2) is 48.0 Å². The molecule has 9 nitrogen and oxygen atoms in total. The first-order valence-corrected chi connectivity index (χ1v) is 14.6. The Hall–Kier alpha value is -2.95. The van der Waals surface area contributed by atoms with Gasteiger partial charge in [0.2, 0.25) is 11.8 Å². The van der Waals surface area contributed by atoms with Gasteiger partial charge >= 0.3 is 5.97 Å². The topological polar surface area (TPSA) is 132 Å². The second-order valence-electron chi connectivity index (χ2n) is 10.7. The lowest BCUT2D eigenvalue weighted by atomic mass is 9.56. The number of hydrogen-bond donors (Lipinski definition) is 2. The lowest BCUT2D eigenvalue weighted by Gasteiger charge is -2.51. The van der Waals surface area contributed by atoms with Crippen LogP contribution in [0.3, 0.4) is 0 Å². The van der Waals surface area contributed by atoms with Gasteiger partial charge < -0.3 is 10.2 Å². The molecule has 12 heteroatoms. The average Bonchev–Trinajstić information content (AvgIpc) is 3.25. The predicted octanol–water partition coefficient (Wildman–Crippen LogP) is 3.73. The normalized spacial score (nSPS) is 33.2. The van der Waals surface area contributed by atoms with Gasteiger partial charge in [-0.2, -0.15) is 0 Å². The number of rotatable bonds is 5. The number of carboxylic acids is 1. The molecule has 0 aromatic heterocycles. The largest absolute Gasteiger partial charge is 0.508 e. The van der Waals surface area contributed by atoms with Crippen LogP contribution in [0, 0.1) is 17.8 Å². The molecule has 2 aromatic carbocycles. The highest BCUT2D eigenvalue weighted by Gasteiger charge is 2.76. The van der Waals surface area contributed by atoms with Gasteiger partial charge in [0.1, 0.15) is 5.75 Å². The summed E-state index contributed by atoms with van der Waals surface area (Å²) in [6, 6.07) is 10.4. The quantitative estimate of drug-likeness (QED) is 0.218. The van der Waals surface area contributed by atoms with Gasteiger partial charge in [0.05, 0.1) is 23.7 Å². The molecule has 2 saturated heterocycles. The number of halogens is 3. The minimum absolute atomic E-state index is 0.152. The standard InChI is InChI=1S/C28H23BrCl2N2O7/c29-12-33-25(39)27(30)11-17-15(6-7-16-20(17)24(38)32(23(16)37)10-9-19(35)36)22(28(27,31)26(33)40)21-14-4-2-1-3-13(14)5-8-18(21)34/h1-6,8,16-17,20,22,34H,7,9-12H2,(H,35,36)/t16-,17+,20-,22+,27+,28-/m0/s1. The summed E-state index contributed by atoms with van der Waals surface area (Å²) in [7, 11) is 0. The van der Waals surface area contributed by atoms with Crippen molar-refractivity contribution in [1.29, 1.82) is 0 Å². The molecule has 40 heavy (non-hydrogen) atoms. The molecule has 6 atom stereocenters. The van der Waals surface area contributed by atoms with Crippen LogP contribution in [0.25, 0.3) is 10.8 Å². The van der Waals surface area contributed by atoms with E-state index in [-0.39, 0.29) is 30.6 Å². The molecular formula is C28H23BrCl2N2O7. The number of imide groups is 2. The fourth-order valence-corrected chi connectivity index (χ4v) is 8.56. The number of carboxylic acid groups (broad SMARTS) is 1. The number of amides is 4. The van der Waals surface area contributed by atoms with E-state index in [1.54, 1.807) is 24.3 Å². The van der Waals surface area contributed by atoms with Gasteiger partial charge in [-0.3, -0.25) is 33.8 Å². The third-order valence-electron chi connectivity index (χ3n) is 8.89. The van der Waals surface area contributed by atoms with E-state index in [0.717, 1.165) is 15.2 Å². The number of aromatic hydroxyl groups is 1. The summed E-state index contributed by atoms with van der Waals surface area (Å²) in [6.45, 7) is -0.268. The molecule has 1 saturated carbocycles. The summed E-state index contributed by atoms with van der Waals surface area (Å²) in [5.41, 5.74) is 0.709. The van der Waals surface area contributed by atoms with Crippen LogP contribution < -0.4 is 0 Å². The fraction of sp³-hybridized carbons (Fsp3) is 0.393. The number of benzene rings is 2. The van der Waals surface area contributed by atoms with Crippen molar-refractivity contribution in [3.63, 3.8) is 0 Å². The molecule has 2 aliphatic heterocycles. The van der Waals surface area contributed by atoms with Crippen LogP contribution in [0.5, 0.6) is 5.75 Å².